The highest BCUT2D eigenvalue weighted by Gasteiger charge is 2.21. The van der Waals surface area contributed by atoms with Gasteiger partial charge >= 0.3 is 0 Å². The maximum absolute atomic E-state index is 8.51. The highest BCUT2D eigenvalue weighted by molar-refractivity contribution is 6.08. The normalized spacial score (nSPS) is 17.2. The van der Waals surface area contributed by atoms with E-state index in [2.05, 4.69) is 45.2 Å². The second-order valence-corrected chi connectivity index (χ2v) is 8.67. The van der Waals surface area contributed by atoms with Crippen molar-refractivity contribution in [2.45, 2.75) is 25.8 Å². The molecular formula is C26H28N6O. The van der Waals surface area contributed by atoms with Crippen LogP contribution in [0, 0.1) is 5.41 Å². The molecule has 168 valence electrons. The minimum absolute atomic E-state index is 0.166. The third kappa shape index (κ3) is 4.19. The molecule has 1 atom stereocenters. The van der Waals surface area contributed by atoms with Gasteiger partial charge in [0.25, 0.3) is 0 Å². The monoisotopic (exact) mass is 440 g/mol. The summed E-state index contributed by atoms with van der Waals surface area (Å²) in [5, 5.41) is 19.3. The van der Waals surface area contributed by atoms with E-state index >= 15 is 0 Å². The van der Waals surface area contributed by atoms with Gasteiger partial charge in [-0.1, -0.05) is 18.2 Å². The lowest BCUT2D eigenvalue weighted by Gasteiger charge is -2.20. The first-order valence-electron chi connectivity index (χ1n) is 11.2. The summed E-state index contributed by atoms with van der Waals surface area (Å²) >= 11 is 0. The van der Waals surface area contributed by atoms with Crippen molar-refractivity contribution in [3.05, 3.63) is 60.2 Å². The largest absolute Gasteiger partial charge is 0.497 e. The van der Waals surface area contributed by atoms with Crippen LogP contribution in [0.1, 0.15) is 25.3 Å². The van der Waals surface area contributed by atoms with Crippen LogP contribution < -0.4 is 10.5 Å². The van der Waals surface area contributed by atoms with Crippen molar-refractivity contribution in [3.8, 4) is 17.0 Å². The summed E-state index contributed by atoms with van der Waals surface area (Å²) in [5.74, 6) is 1.48. The molecule has 0 aliphatic carbocycles. The minimum Gasteiger partial charge on any atom is -0.497 e. The Hall–Kier alpha value is -3.71. The molecule has 4 aromatic rings. The van der Waals surface area contributed by atoms with Gasteiger partial charge in [-0.05, 0) is 73.5 Å². The molecule has 33 heavy (non-hydrogen) atoms. The standard InChI is InChI=1S/C26H28N6O/c1-16-4-3-11-32(16)15-24(27)29-26(28)20-8-10-23-22(14-20)25(31-30-23)19-6-5-18-13-21(33-2)9-7-17(18)12-19/h5-10,12-14,16H,3-4,11,15H2,1-2H3,(H,30,31)(H3,27,28,29). The molecular weight excluding hydrogens is 412 g/mol. The zero-order chi connectivity index (χ0) is 22.9. The number of hydrogen-bond acceptors (Lipinski definition) is 4. The number of aromatic amines is 1. The second-order valence-electron chi connectivity index (χ2n) is 8.67. The smallest absolute Gasteiger partial charge is 0.153 e. The van der Waals surface area contributed by atoms with E-state index in [0.717, 1.165) is 45.2 Å². The van der Waals surface area contributed by atoms with Crippen LogP contribution in [0.2, 0.25) is 0 Å². The minimum atomic E-state index is 0.166. The van der Waals surface area contributed by atoms with Gasteiger partial charge in [-0.2, -0.15) is 5.10 Å². The second kappa shape index (κ2) is 8.67. The predicted octanol–water partition coefficient (Wildman–Crippen LogP) is 4.56. The number of methoxy groups -OCH3 is 1. The number of nitrogens with two attached hydrogens (primary N) is 1. The van der Waals surface area contributed by atoms with Crippen LogP contribution in [-0.2, 0) is 0 Å². The lowest BCUT2D eigenvalue weighted by Crippen LogP contribution is -2.36. The van der Waals surface area contributed by atoms with Crippen LogP contribution in [-0.4, -0.2) is 53.0 Å². The molecule has 0 amide bonds. The molecule has 1 aromatic heterocycles. The van der Waals surface area contributed by atoms with Crippen molar-refractivity contribution in [3.63, 3.8) is 0 Å². The van der Waals surface area contributed by atoms with Crippen molar-refractivity contribution in [2.75, 3.05) is 20.2 Å². The van der Waals surface area contributed by atoms with E-state index in [0.29, 0.717) is 24.0 Å². The van der Waals surface area contributed by atoms with Crippen LogP contribution in [0.4, 0.5) is 0 Å². The highest BCUT2D eigenvalue weighted by atomic mass is 16.5. The van der Waals surface area contributed by atoms with Crippen LogP contribution in [0.3, 0.4) is 0 Å². The van der Waals surface area contributed by atoms with Crippen molar-refractivity contribution >= 4 is 33.3 Å². The van der Waals surface area contributed by atoms with E-state index in [1.807, 2.05) is 36.4 Å². The van der Waals surface area contributed by atoms with Crippen molar-refractivity contribution in [2.24, 2.45) is 10.7 Å². The highest BCUT2D eigenvalue weighted by Crippen LogP contribution is 2.31. The molecule has 0 saturated carbocycles. The first-order valence-corrected chi connectivity index (χ1v) is 11.2. The number of rotatable bonds is 5. The zero-order valence-electron chi connectivity index (χ0n) is 18.9. The fourth-order valence-electron chi connectivity index (χ4n) is 4.56. The van der Waals surface area contributed by atoms with Gasteiger partial charge in [-0.3, -0.25) is 15.4 Å². The Morgan fingerprint density at radius 1 is 1.18 bits per heavy atom. The Kier molecular flexibility index (Phi) is 5.56. The lowest BCUT2D eigenvalue weighted by molar-refractivity contribution is 0.306. The van der Waals surface area contributed by atoms with Crippen molar-refractivity contribution in [1.82, 2.24) is 15.1 Å². The number of amidine groups is 2. The first kappa shape index (κ1) is 21.2. The Bertz CT molecular complexity index is 1370. The van der Waals surface area contributed by atoms with Crippen LogP contribution >= 0.6 is 0 Å². The molecule has 7 heteroatoms. The van der Waals surface area contributed by atoms with Crippen LogP contribution in [0.25, 0.3) is 32.9 Å². The van der Waals surface area contributed by atoms with Gasteiger partial charge in [0.2, 0.25) is 0 Å². The van der Waals surface area contributed by atoms with Gasteiger partial charge in [0.15, 0.2) is 5.84 Å². The lowest BCUT2D eigenvalue weighted by atomic mass is 10.0. The van der Waals surface area contributed by atoms with E-state index in [1.165, 1.54) is 12.8 Å². The zero-order valence-corrected chi connectivity index (χ0v) is 18.9. The summed E-state index contributed by atoms with van der Waals surface area (Å²) in [4.78, 5) is 6.71. The summed E-state index contributed by atoms with van der Waals surface area (Å²) in [6.45, 7) is 3.85. The Balaban J connectivity index is 1.44. The molecule has 1 fully saturated rings. The average Bonchev–Trinajstić information content (AvgIpc) is 3.43. The number of fused-ring (bicyclic) bond motifs is 2. The number of hydrogen-bond donors (Lipinski definition) is 3. The topological polar surface area (TPSA) is 103 Å². The summed E-state index contributed by atoms with van der Waals surface area (Å²) in [6, 6.07) is 18.6. The molecule has 1 aliphatic rings. The van der Waals surface area contributed by atoms with E-state index in [9.17, 15) is 0 Å². The van der Waals surface area contributed by atoms with Crippen molar-refractivity contribution < 1.29 is 4.74 Å². The quantitative estimate of drug-likeness (QED) is 0.313. The molecule has 2 heterocycles. The maximum atomic E-state index is 8.51. The Morgan fingerprint density at radius 3 is 2.79 bits per heavy atom. The molecule has 1 unspecified atom stereocenters. The number of likely N-dealkylation sites (tertiary alicyclic amines) is 1. The third-order valence-electron chi connectivity index (χ3n) is 6.47. The number of nitrogens with zero attached hydrogens (tertiary/aromatic N) is 3. The number of aliphatic imine (C=N–C) groups is 1. The third-order valence-corrected chi connectivity index (χ3v) is 6.47. The molecule has 0 spiro atoms. The SMILES string of the molecule is COc1ccc2cc(-c3n[nH]c4ccc(C(=N)N=C(N)CN5CCCC5C)cc34)ccc2c1. The molecule has 5 rings (SSSR count). The summed E-state index contributed by atoms with van der Waals surface area (Å²) in [5.41, 5.74) is 9.67. The summed E-state index contributed by atoms with van der Waals surface area (Å²) in [6.07, 6.45) is 2.38. The van der Waals surface area contributed by atoms with Gasteiger partial charge in [0.1, 0.15) is 11.6 Å². The number of benzene rings is 3. The molecule has 0 bridgehead atoms. The van der Waals surface area contributed by atoms with E-state index in [1.54, 1.807) is 7.11 Å². The van der Waals surface area contributed by atoms with Crippen molar-refractivity contribution in [1.29, 1.82) is 5.41 Å². The average molecular weight is 441 g/mol. The summed E-state index contributed by atoms with van der Waals surface area (Å²) in [7, 11) is 1.67. The first-order chi connectivity index (χ1) is 16.0. The number of aromatic nitrogens is 2. The van der Waals surface area contributed by atoms with E-state index in [4.69, 9.17) is 15.9 Å². The maximum Gasteiger partial charge on any atom is 0.153 e. The van der Waals surface area contributed by atoms with Gasteiger partial charge in [-0.25, -0.2) is 4.99 Å². The molecule has 3 aromatic carbocycles. The number of H-pyrrole nitrogens is 1. The molecule has 0 radical (unpaired) electrons. The molecule has 7 nitrogen and oxygen atoms in total. The predicted molar refractivity (Wildman–Crippen MR) is 134 cm³/mol. The van der Waals surface area contributed by atoms with Gasteiger partial charge in [0.05, 0.1) is 24.9 Å². The van der Waals surface area contributed by atoms with Gasteiger partial charge < -0.3 is 10.5 Å². The fraction of sp³-hybridized carbons (Fsp3) is 0.269. The van der Waals surface area contributed by atoms with Gasteiger partial charge in [0, 0.05) is 22.6 Å². The molecule has 1 saturated heterocycles. The van der Waals surface area contributed by atoms with Crippen LogP contribution in [0.15, 0.2) is 59.6 Å². The number of nitrogens with one attached hydrogen (secondary N) is 2. The van der Waals surface area contributed by atoms with Crippen LogP contribution in [0.5, 0.6) is 5.75 Å². The van der Waals surface area contributed by atoms with Gasteiger partial charge in [-0.15, -0.1) is 0 Å². The van der Waals surface area contributed by atoms with E-state index < -0.39 is 0 Å². The Labute approximate surface area is 192 Å². The van der Waals surface area contributed by atoms with E-state index in [-0.39, 0.29) is 5.84 Å². The summed E-state index contributed by atoms with van der Waals surface area (Å²) < 4.78 is 5.33. The fourth-order valence-corrected chi connectivity index (χ4v) is 4.56. The molecule has 1 aliphatic heterocycles. The Morgan fingerprint density at radius 2 is 2.00 bits per heavy atom. The number of ether oxygens (including phenoxy) is 1. The molecule has 4 N–H and O–H groups in total.